The number of aromatic nitrogens is 2. The Balaban J connectivity index is 1.88. The summed E-state index contributed by atoms with van der Waals surface area (Å²) in [6, 6.07) is 13.9. The van der Waals surface area contributed by atoms with Crippen molar-refractivity contribution in [2.24, 2.45) is 0 Å². The van der Waals surface area contributed by atoms with Crippen LogP contribution in [0.15, 0.2) is 64.5 Å². The van der Waals surface area contributed by atoms with Crippen LogP contribution in [0.4, 0.5) is 11.4 Å². The fraction of sp³-hybridized carbons (Fsp3) is 0.158. The molecule has 148 valence electrons. The fourth-order valence-electron chi connectivity index (χ4n) is 2.76. The average Bonchev–Trinajstić information content (AvgIpc) is 2.69. The van der Waals surface area contributed by atoms with Gasteiger partial charge in [0.25, 0.3) is 16.9 Å². The third-order valence-corrected chi connectivity index (χ3v) is 5.19. The molecule has 0 spiro atoms. The summed E-state index contributed by atoms with van der Waals surface area (Å²) < 4.78 is 1.79. The largest absolute Gasteiger partial charge is 0.320 e. The van der Waals surface area contributed by atoms with Gasteiger partial charge in [-0.05, 0) is 18.1 Å². The summed E-state index contributed by atoms with van der Waals surface area (Å²) in [7, 11) is 0. The van der Waals surface area contributed by atoms with Crippen molar-refractivity contribution in [1.29, 1.82) is 0 Å². The van der Waals surface area contributed by atoms with Crippen LogP contribution in [0.25, 0.3) is 0 Å². The number of hydrogen-bond donors (Lipinski definition) is 0. The van der Waals surface area contributed by atoms with Crippen LogP contribution in [0, 0.1) is 27.2 Å². The predicted octanol–water partition coefficient (Wildman–Crippen LogP) is 3.71. The van der Waals surface area contributed by atoms with Crippen LogP contribution in [0.1, 0.15) is 16.8 Å². The molecular formula is C19H16N4O5S. The Morgan fingerprint density at radius 2 is 1.55 bits per heavy atom. The van der Waals surface area contributed by atoms with Gasteiger partial charge in [0.15, 0.2) is 5.16 Å². The van der Waals surface area contributed by atoms with Crippen LogP contribution in [0.3, 0.4) is 0 Å². The van der Waals surface area contributed by atoms with Crippen LogP contribution >= 0.6 is 11.8 Å². The van der Waals surface area contributed by atoms with E-state index in [9.17, 15) is 25.0 Å². The molecule has 0 unspecified atom stereocenters. The maximum Gasteiger partial charge on any atom is 0.273 e. The summed E-state index contributed by atoms with van der Waals surface area (Å²) in [6.07, 6.45) is 0. The average molecular weight is 412 g/mol. The van der Waals surface area contributed by atoms with E-state index in [-0.39, 0.29) is 16.9 Å². The smallest absolute Gasteiger partial charge is 0.273 e. The Morgan fingerprint density at radius 3 is 2.17 bits per heavy atom. The lowest BCUT2D eigenvalue weighted by Gasteiger charge is -2.15. The van der Waals surface area contributed by atoms with Crippen molar-refractivity contribution in [3.05, 3.63) is 102 Å². The maximum atomic E-state index is 11.9. The van der Waals surface area contributed by atoms with Gasteiger partial charge in [-0.25, -0.2) is 0 Å². The normalized spacial score (nSPS) is 10.7. The molecule has 3 rings (SSSR count). The third kappa shape index (κ3) is 5.05. The first kappa shape index (κ1) is 20.2. The number of nitro benzene ring substituents is 2. The third-order valence-electron chi connectivity index (χ3n) is 4.15. The molecule has 10 heteroatoms. The molecule has 0 aliphatic carbocycles. The molecule has 0 aliphatic heterocycles. The predicted molar refractivity (Wildman–Crippen MR) is 108 cm³/mol. The molecule has 3 aromatic rings. The Bertz CT molecular complexity index is 1150. The van der Waals surface area contributed by atoms with E-state index >= 15 is 0 Å². The summed E-state index contributed by atoms with van der Waals surface area (Å²) in [6.45, 7) is 2.07. The van der Waals surface area contributed by atoms with E-state index in [0.717, 1.165) is 5.56 Å². The zero-order valence-electron chi connectivity index (χ0n) is 15.3. The fourth-order valence-corrected chi connectivity index (χ4v) is 3.75. The molecule has 0 atom stereocenters. The van der Waals surface area contributed by atoms with Crippen LogP contribution in [-0.4, -0.2) is 19.4 Å². The molecule has 0 saturated heterocycles. The minimum absolute atomic E-state index is 0.00529. The van der Waals surface area contributed by atoms with Gasteiger partial charge in [-0.2, -0.15) is 4.98 Å². The molecule has 0 amide bonds. The van der Waals surface area contributed by atoms with Crippen molar-refractivity contribution in [2.75, 3.05) is 0 Å². The highest BCUT2D eigenvalue weighted by atomic mass is 32.2. The van der Waals surface area contributed by atoms with Crippen LogP contribution in [0.5, 0.6) is 0 Å². The monoisotopic (exact) mass is 412 g/mol. The molecule has 0 N–H and O–H groups in total. The quantitative estimate of drug-likeness (QED) is 0.251. The van der Waals surface area contributed by atoms with Gasteiger partial charge in [0.1, 0.15) is 0 Å². The minimum atomic E-state index is -0.461. The van der Waals surface area contributed by atoms with Crippen molar-refractivity contribution in [3.63, 3.8) is 0 Å². The van der Waals surface area contributed by atoms with E-state index in [4.69, 9.17) is 0 Å². The van der Waals surface area contributed by atoms with E-state index in [1.165, 1.54) is 42.1 Å². The van der Waals surface area contributed by atoms with Gasteiger partial charge in [-0.3, -0.25) is 25.0 Å². The zero-order chi connectivity index (χ0) is 21.0. The van der Waals surface area contributed by atoms with Gasteiger partial charge in [-0.1, -0.05) is 36.0 Å². The highest BCUT2D eigenvalue weighted by molar-refractivity contribution is 7.98. The molecule has 0 aliphatic rings. The molecule has 0 saturated carbocycles. The second-order valence-corrected chi connectivity index (χ2v) is 7.19. The lowest BCUT2D eigenvalue weighted by molar-refractivity contribution is -0.385. The van der Waals surface area contributed by atoms with Gasteiger partial charge >= 0.3 is 0 Å². The number of nitrogens with zero attached hydrogens (tertiary/aromatic N) is 4. The summed E-state index contributed by atoms with van der Waals surface area (Å²) >= 11 is 1.27. The number of thioether (sulfide) groups is 1. The van der Waals surface area contributed by atoms with E-state index < -0.39 is 9.85 Å². The van der Waals surface area contributed by atoms with Crippen molar-refractivity contribution in [1.82, 2.24) is 9.55 Å². The van der Waals surface area contributed by atoms with E-state index in [1.807, 2.05) is 0 Å². The minimum Gasteiger partial charge on any atom is -0.320 e. The van der Waals surface area contributed by atoms with Gasteiger partial charge in [-0.15, -0.1) is 0 Å². The molecule has 2 aromatic carbocycles. The van der Waals surface area contributed by atoms with Gasteiger partial charge in [0.2, 0.25) is 0 Å². The van der Waals surface area contributed by atoms with E-state index in [1.54, 1.807) is 35.8 Å². The van der Waals surface area contributed by atoms with Crippen LogP contribution in [0.2, 0.25) is 0 Å². The second kappa shape index (κ2) is 8.65. The molecule has 1 aromatic heterocycles. The maximum absolute atomic E-state index is 11.9. The van der Waals surface area contributed by atoms with Crippen LogP contribution in [-0.2, 0) is 12.3 Å². The zero-order valence-corrected chi connectivity index (χ0v) is 16.2. The number of hydrogen-bond acceptors (Lipinski definition) is 7. The Morgan fingerprint density at radius 1 is 0.966 bits per heavy atom. The number of rotatable bonds is 7. The standard InChI is InChI=1S/C19H16N4O5S/c1-13-8-18(24)20-19(29-12-15-5-3-7-17(10-15)23(27)28)21(13)11-14-4-2-6-16(9-14)22(25)26/h2-10H,11-12H2,1H3. The number of non-ortho nitro benzene ring substituents is 2. The Kier molecular flexibility index (Phi) is 6.03. The van der Waals surface area contributed by atoms with Gasteiger partial charge in [0, 0.05) is 48.3 Å². The first-order chi connectivity index (χ1) is 13.8. The lowest BCUT2D eigenvalue weighted by Crippen LogP contribution is -2.17. The molecule has 29 heavy (non-hydrogen) atoms. The summed E-state index contributed by atoms with van der Waals surface area (Å²) in [4.78, 5) is 37.0. The molecule has 9 nitrogen and oxygen atoms in total. The van der Waals surface area contributed by atoms with Gasteiger partial charge in [0.05, 0.1) is 9.85 Å². The van der Waals surface area contributed by atoms with E-state index in [2.05, 4.69) is 4.98 Å². The summed E-state index contributed by atoms with van der Waals surface area (Å²) in [5.74, 6) is 0.381. The molecule has 0 fully saturated rings. The van der Waals surface area contributed by atoms with Crippen LogP contribution < -0.4 is 5.56 Å². The molecule has 1 heterocycles. The topological polar surface area (TPSA) is 121 Å². The van der Waals surface area contributed by atoms with Crippen molar-refractivity contribution in [3.8, 4) is 0 Å². The molecular weight excluding hydrogens is 396 g/mol. The van der Waals surface area contributed by atoms with Gasteiger partial charge < -0.3 is 4.57 Å². The Hall–Kier alpha value is -3.53. The van der Waals surface area contributed by atoms with Crippen molar-refractivity contribution < 1.29 is 9.85 Å². The summed E-state index contributed by atoms with van der Waals surface area (Å²) in [5.41, 5.74) is 1.68. The first-order valence-corrected chi connectivity index (χ1v) is 9.50. The van der Waals surface area contributed by atoms with Crippen molar-refractivity contribution in [2.45, 2.75) is 24.4 Å². The Labute approximate surface area is 169 Å². The molecule has 0 bridgehead atoms. The first-order valence-electron chi connectivity index (χ1n) is 8.51. The number of benzene rings is 2. The van der Waals surface area contributed by atoms with E-state index in [0.29, 0.717) is 28.7 Å². The SMILES string of the molecule is Cc1cc(=O)nc(SCc2cccc([N+](=O)[O-])c2)n1Cc1cccc([N+](=O)[O-])c1. The van der Waals surface area contributed by atoms with Crippen molar-refractivity contribution >= 4 is 23.1 Å². The highest BCUT2D eigenvalue weighted by Gasteiger charge is 2.12. The lowest BCUT2D eigenvalue weighted by atomic mass is 10.2. The number of nitro groups is 2. The summed E-state index contributed by atoms with van der Waals surface area (Å²) in [5, 5.41) is 22.4. The highest BCUT2D eigenvalue weighted by Crippen LogP contribution is 2.24. The molecule has 0 radical (unpaired) electrons. The second-order valence-electron chi connectivity index (χ2n) is 6.25. The number of aryl methyl sites for hydroxylation is 1.